The number of carbonyl (C=O) groups excluding carboxylic acids is 1. The van der Waals surface area contributed by atoms with E-state index in [2.05, 4.69) is 5.32 Å². The van der Waals surface area contributed by atoms with E-state index in [1.54, 1.807) is 0 Å². The van der Waals surface area contributed by atoms with Gasteiger partial charge in [0.05, 0.1) is 10.5 Å². The van der Waals surface area contributed by atoms with Crippen LogP contribution in [0.5, 0.6) is 0 Å². The number of nitrogens with two attached hydrogens (primary N) is 1. The Balaban J connectivity index is 2.38. The van der Waals surface area contributed by atoms with E-state index in [-0.39, 0.29) is 21.6 Å². The number of primary sulfonamides is 1. The molecule has 110 valence electrons. The smallest absolute Gasteiger partial charge is 0.254 e. The molecule has 2 rings (SSSR count). The van der Waals surface area contributed by atoms with Crippen LogP contribution in [0.4, 0.5) is 4.39 Å². The molecule has 1 aromatic rings. The summed E-state index contributed by atoms with van der Waals surface area (Å²) in [6.45, 7) is 3.30. The van der Waals surface area contributed by atoms with Crippen molar-refractivity contribution in [1.82, 2.24) is 5.32 Å². The van der Waals surface area contributed by atoms with Crippen molar-refractivity contribution < 1.29 is 17.6 Å². The van der Waals surface area contributed by atoms with Crippen LogP contribution < -0.4 is 10.5 Å². The molecule has 1 saturated carbocycles. The standard InChI is InChI=1S/C13H17FN2O3S/c1-8-6-10(14)9(7-11(8)20(15,18)19)12(17)16-13(2)4-3-5-13/h6-7H,3-5H2,1-2H3,(H,16,17)(H2,15,18,19). The molecular weight excluding hydrogens is 283 g/mol. The van der Waals surface area contributed by atoms with Crippen LogP contribution >= 0.6 is 0 Å². The maximum Gasteiger partial charge on any atom is 0.254 e. The zero-order valence-electron chi connectivity index (χ0n) is 11.4. The van der Waals surface area contributed by atoms with E-state index in [1.165, 1.54) is 6.92 Å². The quantitative estimate of drug-likeness (QED) is 0.885. The van der Waals surface area contributed by atoms with Crippen molar-refractivity contribution in [2.45, 2.75) is 43.5 Å². The second-order valence-electron chi connectivity index (χ2n) is 5.51. The summed E-state index contributed by atoms with van der Waals surface area (Å²) in [6, 6.07) is 2.01. The lowest BCUT2D eigenvalue weighted by Gasteiger charge is -2.39. The zero-order chi connectivity index (χ0) is 15.1. The summed E-state index contributed by atoms with van der Waals surface area (Å²) in [4.78, 5) is 11.8. The van der Waals surface area contributed by atoms with Crippen molar-refractivity contribution in [3.05, 3.63) is 29.1 Å². The normalized spacial score (nSPS) is 17.4. The number of rotatable bonds is 3. The molecule has 0 spiro atoms. The highest BCUT2D eigenvalue weighted by molar-refractivity contribution is 7.89. The van der Waals surface area contributed by atoms with Crippen LogP contribution in [0.15, 0.2) is 17.0 Å². The monoisotopic (exact) mass is 300 g/mol. The molecule has 0 unspecified atom stereocenters. The van der Waals surface area contributed by atoms with Crippen LogP contribution in [0.3, 0.4) is 0 Å². The van der Waals surface area contributed by atoms with Gasteiger partial charge in [-0.15, -0.1) is 0 Å². The largest absolute Gasteiger partial charge is 0.347 e. The van der Waals surface area contributed by atoms with Gasteiger partial charge in [0.1, 0.15) is 5.82 Å². The van der Waals surface area contributed by atoms with Crippen LogP contribution in [0.2, 0.25) is 0 Å². The fourth-order valence-corrected chi connectivity index (χ4v) is 3.10. The van der Waals surface area contributed by atoms with Gasteiger partial charge in [-0.3, -0.25) is 4.79 Å². The molecule has 1 aliphatic carbocycles. The van der Waals surface area contributed by atoms with Gasteiger partial charge in [-0.25, -0.2) is 17.9 Å². The lowest BCUT2D eigenvalue weighted by molar-refractivity contribution is 0.0846. The maximum absolute atomic E-state index is 13.9. The third kappa shape index (κ3) is 2.83. The summed E-state index contributed by atoms with van der Waals surface area (Å²) < 4.78 is 36.7. The molecule has 1 fully saturated rings. The first-order chi connectivity index (χ1) is 9.12. The molecule has 0 radical (unpaired) electrons. The number of sulfonamides is 1. The van der Waals surface area contributed by atoms with Gasteiger partial charge in [-0.2, -0.15) is 0 Å². The average molecular weight is 300 g/mol. The fourth-order valence-electron chi connectivity index (χ4n) is 2.31. The number of aryl methyl sites for hydroxylation is 1. The number of benzene rings is 1. The Morgan fingerprint density at radius 1 is 1.40 bits per heavy atom. The molecular formula is C13H17FN2O3S. The Morgan fingerprint density at radius 2 is 2.00 bits per heavy atom. The molecule has 0 atom stereocenters. The summed E-state index contributed by atoms with van der Waals surface area (Å²) in [5.41, 5.74) is -0.458. The van der Waals surface area contributed by atoms with E-state index in [4.69, 9.17) is 5.14 Å². The molecule has 0 heterocycles. The van der Waals surface area contributed by atoms with Crippen molar-refractivity contribution in [2.24, 2.45) is 5.14 Å². The Hall–Kier alpha value is -1.47. The summed E-state index contributed by atoms with van der Waals surface area (Å²) in [5, 5.41) is 7.79. The Bertz CT molecular complexity index is 666. The van der Waals surface area contributed by atoms with Crippen LogP contribution in [0.25, 0.3) is 0 Å². The SMILES string of the molecule is Cc1cc(F)c(C(=O)NC2(C)CCC2)cc1S(N)(=O)=O. The molecule has 0 bridgehead atoms. The lowest BCUT2D eigenvalue weighted by atomic mass is 9.78. The van der Waals surface area contributed by atoms with Gasteiger partial charge >= 0.3 is 0 Å². The first-order valence-corrected chi connectivity index (χ1v) is 7.82. The summed E-state index contributed by atoms with van der Waals surface area (Å²) in [5.74, 6) is -1.37. The minimum absolute atomic E-state index is 0.177. The van der Waals surface area contributed by atoms with Crippen LogP contribution in [0.1, 0.15) is 42.1 Å². The average Bonchev–Trinajstić information content (AvgIpc) is 2.24. The number of amides is 1. The molecule has 1 amide bonds. The van der Waals surface area contributed by atoms with Gasteiger partial charge in [0.2, 0.25) is 10.0 Å². The van der Waals surface area contributed by atoms with Crippen LogP contribution in [0, 0.1) is 12.7 Å². The second kappa shape index (κ2) is 4.82. The highest BCUT2D eigenvalue weighted by Crippen LogP contribution is 2.31. The van der Waals surface area contributed by atoms with Gasteiger partial charge in [-0.1, -0.05) is 0 Å². The second-order valence-corrected chi connectivity index (χ2v) is 7.04. The maximum atomic E-state index is 13.9. The molecule has 0 aromatic heterocycles. The van der Waals surface area contributed by atoms with E-state index in [0.29, 0.717) is 0 Å². The van der Waals surface area contributed by atoms with Crippen molar-refractivity contribution in [3.8, 4) is 0 Å². The number of nitrogens with one attached hydrogen (secondary N) is 1. The van der Waals surface area contributed by atoms with Gasteiger partial charge in [0, 0.05) is 5.54 Å². The lowest BCUT2D eigenvalue weighted by Crippen LogP contribution is -2.51. The topological polar surface area (TPSA) is 89.3 Å². The van der Waals surface area contributed by atoms with E-state index in [1.807, 2.05) is 6.92 Å². The molecule has 3 N–H and O–H groups in total. The molecule has 1 aliphatic rings. The Labute approximate surface area is 117 Å². The summed E-state index contributed by atoms with van der Waals surface area (Å²) >= 11 is 0. The Kier molecular flexibility index (Phi) is 3.60. The van der Waals surface area contributed by atoms with Crippen LogP contribution in [-0.4, -0.2) is 19.9 Å². The predicted octanol–water partition coefficient (Wildman–Crippen LogP) is 1.45. The van der Waals surface area contributed by atoms with Crippen molar-refractivity contribution in [1.29, 1.82) is 0 Å². The molecule has 0 saturated heterocycles. The van der Waals surface area contributed by atoms with Crippen molar-refractivity contribution in [3.63, 3.8) is 0 Å². The van der Waals surface area contributed by atoms with Crippen molar-refractivity contribution >= 4 is 15.9 Å². The third-order valence-corrected chi connectivity index (χ3v) is 4.74. The van der Waals surface area contributed by atoms with E-state index < -0.39 is 21.7 Å². The van der Waals surface area contributed by atoms with Gasteiger partial charge in [-0.05, 0) is 50.8 Å². The minimum Gasteiger partial charge on any atom is -0.347 e. The van der Waals surface area contributed by atoms with Crippen LogP contribution in [-0.2, 0) is 10.0 Å². The minimum atomic E-state index is -3.99. The van der Waals surface area contributed by atoms with E-state index >= 15 is 0 Å². The first-order valence-electron chi connectivity index (χ1n) is 6.28. The predicted molar refractivity (Wildman–Crippen MR) is 72.2 cm³/mol. The third-order valence-electron chi connectivity index (χ3n) is 3.69. The fraction of sp³-hybridized carbons (Fsp3) is 0.462. The molecule has 0 aliphatic heterocycles. The molecule has 5 nitrogen and oxygen atoms in total. The van der Waals surface area contributed by atoms with E-state index in [0.717, 1.165) is 31.4 Å². The molecule has 20 heavy (non-hydrogen) atoms. The zero-order valence-corrected chi connectivity index (χ0v) is 12.2. The number of hydrogen-bond acceptors (Lipinski definition) is 3. The molecule has 1 aromatic carbocycles. The highest BCUT2D eigenvalue weighted by Gasteiger charge is 2.34. The number of carbonyl (C=O) groups is 1. The van der Waals surface area contributed by atoms with Crippen molar-refractivity contribution in [2.75, 3.05) is 0 Å². The number of halogens is 1. The van der Waals surface area contributed by atoms with E-state index in [9.17, 15) is 17.6 Å². The number of hydrogen-bond donors (Lipinski definition) is 2. The summed E-state index contributed by atoms with van der Waals surface area (Å²) in [6.07, 6.45) is 2.66. The molecule has 7 heteroatoms. The Morgan fingerprint density at radius 3 is 2.45 bits per heavy atom. The van der Waals surface area contributed by atoms with Gasteiger partial charge in [0.15, 0.2) is 0 Å². The first kappa shape index (κ1) is 14.9. The van der Waals surface area contributed by atoms with Gasteiger partial charge < -0.3 is 5.32 Å². The van der Waals surface area contributed by atoms with Gasteiger partial charge in [0.25, 0.3) is 5.91 Å². The summed E-state index contributed by atoms with van der Waals surface area (Å²) in [7, 11) is -3.99. The highest BCUT2D eigenvalue weighted by atomic mass is 32.2.